The summed E-state index contributed by atoms with van der Waals surface area (Å²) in [4.78, 5) is 28.0. The van der Waals surface area contributed by atoms with Gasteiger partial charge < -0.3 is 14.3 Å². The molecule has 1 aliphatic carbocycles. The van der Waals surface area contributed by atoms with Gasteiger partial charge in [-0.1, -0.05) is 18.2 Å². The van der Waals surface area contributed by atoms with Gasteiger partial charge in [-0.3, -0.25) is 4.79 Å². The van der Waals surface area contributed by atoms with Crippen LogP contribution < -0.4 is 5.56 Å². The second-order valence-corrected chi connectivity index (χ2v) is 6.90. The number of ether oxygens (including phenoxy) is 1. The first-order chi connectivity index (χ1) is 13.2. The molecule has 3 heterocycles. The first-order valence-corrected chi connectivity index (χ1v) is 8.95. The highest BCUT2D eigenvalue weighted by atomic mass is 16.5. The quantitative estimate of drug-likeness (QED) is 0.536. The molecule has 0 spiro atoms. The van der Waals surface area contributed by atoms with Crippen LogP contribution in [0.1, 0.15) is 40.5 Å². The monoisotopic (exact) mass is 362 g/mol. The lowest BCUT2D eigenvalue weighted by atomic mass is 9.91. The van der Waals surface area contributed by atoms with Crippen LogP contribution in [0.2, 0.25) is 0 Å². The number of aryl methyl sites for hydroxylation is 1. The van der Waals surface area contributed by atoms with E-state index in [1.165, 1.54) is 18.1 Å². The molecule has 136 valence electrons. The van der Waals surface area contributed by atoms with Crippen LogP contribution in [0.3, 0.4) is 0 Å². The van der Waals surface area contributed by atoms with Crippen molar-refractivity contribution in [1.82, 2.24) is 19.7 Å². The molecule has 3 aliphatic rings. The number of hydrogen-bond donors (Lipinski definition) is 2. The molecule has 1 aromatic heterocycles. The molecule has 0 unspecified atom stereocenters. The van der Waals surface area contributed by atoms with Crippen LogP contribution in [-0.4, -0.2) is 32.8 Å². The van der Waals surface area contributed by atoms with Gasteiger partial charge >= 0.3 is 5.97 Å². The van der Waals surface area contributed by atoms with Gasteiger partial charge in [-0.15, -0.1) is 0 Å². The molecular formula is C20H18N4O3. The summed E-state index contributed by atoms with van der Waals surface area (Å²) in [7, 11) is 1.33. The Morgan fingerprint density at radius 1 is 1.30 bits per heavy atom. The number of esters is 1. The van der Waals surface area contributed by atoms with Gasteiger partial charge in [0.2, 0.25) is 0 Å². The zero-order valence-corrected chi connectivity index (χ0v) is 14.8. The van der Waals surface area contributed by atoms with E-state index in [4.69, 9.17) is 4.74 Å². The summed E-state index contributed by atoms with van der Waals surface area (Å²) in [6, 6.07) is 8.28. The molecule has 1 aromatic carbocycles. The number of para-hydroxylation sites is 1. The van der Waals surface area contributed by atoms with E-state index in [2.05, 4.69) is 27.3 Å². The molecule has 2 N–H and O–H groups in total. The van der Waals surface area contributed by atoms with Gasteiger partial charge in [-0.2, -0.15) is 5.10 Å². The number of aromatic nitrogens is 4. The molecule has 0 bridgehead atoms. The third-order valence-corrected chi connectivity index (χ3v) is 5.43. The molecule has 0 amide bonds. The SMILES string of the molecule is COC(=O)c1cn([C@H]2CCCc3c2[nH]c2ccccc32)cc2c(=O)[nH]nc1-2. The van der Waals surface area contributed by atoms with Crippen molar-refractivity contribution in [3.63, 3.8) is 0 Å². The number of benzene rings is 1. The van der Waals surface area contributed by atoms with Crippen LogP contribution in [0.15, 0.2) is 41.5 Å². The second kappa shape index (κ2) is 5.84. The molecule has 7 nitrogen and oxygen atoms in total. The van der Waals surface area contributed by atoms with Crippen molar-refractivity contribution in [3.8, 4) is 11.3 Å². The molecular weight excluding hydrogens is 344 g/mol. The number of pyridine rings is 1. The smallest absolute Gasteiger partial charge is 0.341 e. The number of nitrogens with one attached hydrogen (secondary N) is 2. The number of hydrogen-bond acceptors (Lipinski definition) is 4. The van der Waals surface area contributed by atoms with Crippen molar-refractivity contribution >= 4 is 16.9 Å². The average molecular weight is 362 g/mol. The zero-order valence-electron chi connectivity index (χ0n) is 14.8. The van der Waals surface area contributed by atoms with Gasteiger partial charge in [-0.05, 0) is 30.9 Å². The van der Waals surface area contributed by atoms with Crippen LogP contribution >= 0.6 is 0 Å². The fraction of sp³-hybridized carbons (Fsp3) is 0.250. The number of carbonyl (C=O) groups is 1. The van der Waals surface area contributed by atoms with Crippen molar-refractivity contribution in [2.45, 2.75) is 25.3 Å². The van der Waals surface area contributed by atoms with Gasteiger partial charge in [0.15, 0.2) is 0 Å². The predicted octanol–water partition coefficient (Wildman–Crippen LogP) is 2.87. The van der Waals surface area contributed by atoms with Gasteiger partial charge in [0.05, 0.1) is 18.7 Å². The maximum atomic E-state index is 12.3. The van der Waals surface area contributed by atoms with Gasteiger partial charge in [-0.25, -0.2) is 9.89 Å². The average Bonchev–Trinajstić information content (AvgIpc) is 3.27. The highest BCUT2D eigenvalue weighted by Crippen LogP contribution is 2.37. The Balaban J connectivity index is 1.73. The summed E-state index contributed by atoms with van der Waals surface area (Å²) in [5, 5.41) is 7.66. The second-order valence-electron chi connectivity index (χ2n) is 6.90. The maximum absolute atomic E-state index is 12.3. The minimum absolute atomic E-state index is 0.0169. The molecule has 27 heavy (non-hydrogen) atoms. The normalized spacial score (nSPS) is 16.6. The topological polar surface area (TPSA) is 92.8 Å². The molecule has 0 saturated heterocycles. The molecule has 2 aromatic rings. The lowest BCUT2D eigenvalue weighted by Gasteiger charge is -2.26. The fourth-order valence-electron chi connectivity index (χ4n) is 4.18. The predicted molar refractivity (Wildman–Crippen MR) is 100 cm³/mol. The summed E-state index contributed by atoms with van der Waals surface area (Å²) < 4.78 is 6.84. The van der Waals surface area contributed by atoms with Crippen molar-refractivity contribution in [1.29, 1.82) is 0 Å². The largest absolute Gasteiger partial charge is 0.465 e. The van der Waals surface area contributed by atoms with E-state index in [1.807, 2.05) is 16.7 Å². The number of aromatic amines is 2. The highest BCUT2D eigenvalue weighted by molar-refractivity contribution is 5.96. The number of methoxy groups -OCH3 is 1. The summed E-state index contributed by atoms with van der Waals surface area (Å²) in [6.07, 6.45) is 6.48. The van der Waals surface area contributed by atoms with E-state index in [0.29, 0.717) is 11.3 Å². The van der Waals surface area contributed by atoms with Crippen LogP contribution in [0.25, 0.3) is 22.2 Å². The number of nitrogens with zero attached hydrogens (tertiary/aromatic N) is 2. The minimum atomic E-state index is -0.506. The summed E-state index contributed by atoms with van der Waals surface area (Å²) in [5.74, 6) is -0.506. The van der Waals surface area contributed by atoms with Crippen molar-refractivity contribution in [2.24, 2.45) is 0 Å². The third-order valence-electron chi connectivity index (χ3n) is 5.43. The molecule has 0 radical (unpaired) electrons. The molecule has 0 fully saturated rings. The maximum Gasteiger partial charge on any atom is 0.341 e. The van der Waals surface area contributed by atoms with E-state index in [0.717, 1.165) is 30.5 Å². The molecule has 2 aliphatic heterocycles. The molecule has 5 rings (SSSR count). The van der Waals surface area contributed by atoms with Crippen molar-refractivity contribution in [2.75, 3.05) is 7.11 Å². The lowest BCUT2D eigenvalue weighted by molar-refractivity contribution is 0.0600. The summed E-state index contributed by atoms with van der Waals surface area (Å²) in [6.45, 7) is 0. The van der Waals surface area contributed by atoms with Crippen LogP contribution in [0.5, 0.6) is 0 Å². The third kappa shape index (κ3) is 2.31. The van der Waals surface area contributed by atoms with Crippen molar-refractivity contribution < 1.29 is 9.53 Å². The minimum Gasteiger partial charge on any atom is -0.465 e. The van der Waals surface area contributed by atoms with Crippen LogP contribution in [-0.2, 0) is 11.2 Å². The number of carbonyl (C=O) groups excluding carboxylic acids is 1. The molecule has 0 saturated carbocycles. The number of fused-ring (bicyclic) bond motifs is 4. The van der Waals surface area contributed by atoms with E-state index in [1.54, 1.807) is 12.4 Å². The van der Waals surface area contributed by atoms with Gasteiger partial charge in [0, 0.05) is 29.0 Å². The summed E-state index contributed by atoms with van der Waals surface area (Å²) >= 11 is 0. The van der Waals surface area contributed by atoms with Gasteiger partial charge in [0.25, 0.3) is 5.56 Å². The standard InChI is InChI=1S/C20H18N4O3/c1-27-20(26)14-10-24(9-13-17(14)22-23-19(13)25)16-8-4-6-12-11-5-2-3-7-15(11)21-18(12)16/h2-3,5,7,9-10,16,21H,4,6,8H2,1H3,(H,23,25)/t16-/m0/s1. The van der Waals surface area contributed by atoms with E-state index < -0.39 is 5.97 Å². The molecule has 7 heteroatoms. The van der Waals surface area contributed by atoms with E-state index >= 15 is 0 Å². The Labute approximate surface area is 154 Å². The van der Waals surface area contributed by atoms with Crippen LogP contribution in [0, 0.1) is 0 Å². The number of rotatable bonds is 2. The number of H-pyrrole nitrogens is 2. The van der Waals surface area contributed by atoms with E-state index in [9.17, 15) is 9.59 Å². The Hall–Kier alpha value is -3.35. The zero-order chi connectivity index (χ0) is 18.5. The molecule has 1 atom stereocenters. The van der Waals surface area contributed by atoms with Gasteiger partial charge in [0.1, 0.15) is 11.3 Å². The first-order valence-electron chi connectivity index (χ1n) is 8.95. The Bertz CT molecular complexity index is 1200. The van der Waals surface area contributed by atoms with Crippen LogP contribution in [0.4, 0.5) is 0 Å². The lowest BCUT2D eigenvalue weighted by Crippen LogP contribution is -2.20. The van der Waals surface area contributed by atoms with Crippen molar-refractivity contribution in [3.05, 3.63) is 63.8 Å². The Morgan fingerprint density at radius 2 is 2.15 bits per heavy atom. The highest BCUT2D eigenvalue weighted by Gasteiger charge is 2.28. The summed E-state index contributed by atoms with van der Waals surface area (Å²) in [5.41, 5.74) is 4.27. The van der Waals surface area contributed by atoms with E-state index in [-0.39, 0.29) is 17.2 Å². The first kappa shape index (κ1) is 15.9. The Kier molecular flexibility index (Phi) is 3.43. The fourth-order valence-corrected chi connectivity index (χ4v) is 4.18. The Morgan fingerprint density at radius 3 is 3.00 bits per heavy atom.